The molecule has 2 N–H and O–H groups in total. The van der Waals surface area contributed by atoms with E-state index in [1.807, 2.05) is 6.07 Å². The summed E-state index contributed by atoms with van der Waals surface area (Å²) in [5.41, 5.74) is 0.0774. The van der Waals surface area contributed by atoms with Crippen LogP contribution in [-0.4, -0.2) is 20.1 Å². The van der Waals surface area contributed by atoms with E-state index < -0.39 is 15.6 Å². The molecule has 0 fully saturated rings. The average Bonchev–Trinajstić information content (AvgIpc) is 2.85. The average molecular weight is 348 g/mol. The van der Waals surface area contributed by atoms with Crippen LogP contribution in [0.2, 0.25) is 0 Å². The van der Waals surface area contributed by atoms with Crippen LogP contribution in [0.25, 0.3) is 0 Å². The van der Waals surface area contributed by atoms with Gasteiger partial charge in [-0.25, -0.2) is 13.1 Å². The van der Waals surface area contributed by atoms with Gasteiger partial charge in [0.05, 0.1) is 17.4 Å². The first-order valence-corrected chi connectivity index (χ1v) is 9.04. The molecular weight excluding hydrogens is 328 g/mol. The molecule has 0 aliphatic carbocycles. The molecule has 0 bridgehead atoms. The summed E-state index contributed by atoms with van der Waals surface area (Å²) in [7, 11) is -3.66. The molecule has 0 saturated carbocycles. The quantitative estimate of drug-likeness (QED) is 0.832. The van der Waals surface area contributed by atoms with Gasteiger partial charge >= 0.3 is 0 Å². The topological polar surface area (TPSA) is 103 Å². The molecule has 128 valence electrons. The zero-order valence-corrected chi connectivity index (χ0v) is 14.6. The molecule has 0 amide bonds. The Bertz CT molecular complexity index is 876. The number of hydrogen-bond acceptors (Lipinski definition) is 5. The Morgan fingerprint density at radius 1 is 1.33 bits per heavy atom. The molecular formula is C17H20N2O4S. The number of benzene rings is 1. The van der Waals surface area contributed by atoms with Crippen molar-refractivity contribution in [3.8, 4) is 6.07 Å². The standard InChI is InChI=1S/C17H20N2O4S/c1-12-7-16(13(2)23-12)17(3,20)11-19-24(21,22)10-15-6-4-5-14(8-15)9-18/h4-8,19-20H,10-11H2,1-3H3. The second-order valence-corrected chi connectivity index (χ2v) is 7.80. The van der Waals surface area contributed by atoms with E-state index in [-0.39, 0.29) is 12.3 Å². The number of sulfonamides is 1. The Hall–Kier alpha value is -2.14. The van der Waals surface area contributed by atoms with E-state index >= 15 is 0 Å². The molecule has 0 aliphatic rings. The molecule has 0 saturated heterocycles. The Morgan fingerprint density at radius 2 is 2.04 bits per heavy atom. The Kier molecular flexibility index (Phi) is 5.13. The fraction of sp³-hybridized carbons (Fsp3) is 0.353. The zero-order valence-electron chi connectivity index (χ0n) is 13.8. The molecule has 1 heterocycles. The van der Waals surface area contributed by atoms with Crippen molar-refractivity contribution in [2.45, 2.75) is 32.1 Å². The molecule has 0 radical (unpaired) electrons. The first-order chi connectivity index (χ1) is 11.1. The third kappa shape index (κ3) is 4.45. The highest BCUT2D eigenvalue weighted by molar-refractivity contribution is 7.88. The summed E-state index contributed by atoms with van der Waals surface area (Å²) in [6, 6.07) is 10.1. The second kappa shape index (κ2) is 6.77. The minimum Gasteiger partial charge on any atom is -0.466 e. The maximum Gasteiger partial charge on any atom is 0.215 e. The normalized spacial score (nSPS) is 14.1. The van der Waals surface area contributed by atoms with Crippen LogP contribution in [0, 0.1) is 25.2 Å². The van der Waals surface area contributed by atoms with Gasteiger partial charge in [-0.1, -0.05) is 12.1 Å². The van der Waals surface area contributed by atoms with Crippen molar-refractivity contribution < 1.29 is 17.9 Å². The predicted octanol–water partition coefficient (Wildman–Crippen LogP) is 2.10. The third-order valence-corrected chi connectivity index (χ3v) is 4.97. The van der Waals surface area contributed by atoms with E-state index in [1.54, 1.807) is 38.1 Å². The highest BCUT2D eigenvalue weighted by atomic mass is 32.2. The summed E-state index contributed by atoms with van der Waals surface area (Å²) >= 11 is 0. The van der Waals surface area contributed by atoms with Gasteiger partial charge in [0.25, 0.3) is 0 Å². The smallest absolute Gasteiger partial charge is 0.215 e. The van der Waals surface area contributed by atoms with E-state index in [0.717, 1.165) is 0 Å². The summed E-state index contributed by atoms with van der Waals surface area (Å²) in [6.45, 7) is 4.84. The molecule has 1 aromatic carbocycles. The van der Waals surface area contributed by atoms with Gasteiger partial charge in [0.15, 0.2) is 0 Å². The lowest BCUT2D eigenvalue weighted by molar-refractivity contribution is 0.0612. The number of aliphatic hydroxyl groups is 1. The van der Waals surface area contributed by atoms with Crippen molar-refractivity contribution >= 4 is 10.0 Å². The van der Waals surface area contributed by atoms with Gasteiger partial charge in [0.1, 0.15) is 17.1 Å². The first-order valence-electron chi connectivity index (χ1n) is 7.39. The van der Waals surface area contributed by atoms with Crippen molar-refractivity contribution in [1.29, 1.82) is 5.26 Å². The number of rotatable bonds is 6. The zero-order chi connectivity index (χ0) is 18.0. The molecule has 0 aliphatic heterocycles. The Balaban J connectivity index is 2.09. The van der Waals surface area contributed by atoms with Crippen molar-refractivity contribution in [3.63, 3.8) is 0 Å². The molecule has 2 aromatic rings. The SMILES string of the molecule is Cc1cc(C(C)(O)CNS(=O)(=O)Cc2cccc(C#N)c2)c(C)o1. The molecule has 24 heavy (non-hydrogen) atoms. The van der Waals surface area contributed by atoms with Crippen LogP contribution in [-0.2, 0) is 21.4 Å². The van der Waals surface area contributed by atoms with Gasteiger partial charge in [0.2, 0.25) is 10.0 Å². The van der Waals surface area contributed by atoms with Gasteiger partial charge in [-0.3, -0.25) is 0 Å². The van der Waals surface area contributed by atoms with Crippen LogP contribution >= 0.6 is 0 Å². The highest BCUT2D eigenvalue weighted by Crippen LogP contribution is 2.26. The summed E-state index contributed by atoms with van der Waals surface area (Å²) < 4.78 is 32.3. The summed E-state index contributed by atoms with van der Waals surface area (Å²) in [5, 5.41) is 19.4. The monoisotopic (exact) mass is 348 g/mol. The van der Waals surface area contributed by atoms with E-state index in [2.05, 4.69) is 4.72 Å². The number of hydrogen-bond donors (Lipinski definition) is 2. The van der Waals surface area contributed by atoms with Gasteiger partial charge in [-0.15, -0.1) is 0 Å². The van der Waals surface area contributed by atoms with Crippen LogP contribution in [0.3, 0.4) is 0 Å². The van der Waals surface area contributed by atoms with Crippen LogP contribution in [0.1, 0.15) is 35.1 Å². The van der Waals surface area contributed by atoms with Crippen LogP contribution in [0.4, 0.5) is 0 Å². The molecule has 0 spiro atoms. The van der Waals surface area contributed by atoms with Gasteiger partial charge < -0.3 is 9.52 Å². The maximum atomic E-state index is 12.2. The van der Waals surface area contributed by atoms with Crippen LogP contribution in [0.15, 0.2) is 34.7 Å². The van der Waals surface area contributed by atoms with Crippen LogP contribution < -0.4 is 4.72 Å². The van der Waals surface area contributed by atoms with E-state index in [1.165, 1.54) is 13.0 Å². The van der Waals surface area contributed by atoms with Crippen molar-refractivity contribution in [3.05, 3.63) is 58.5 Å². The van der Waals surface area contributed by atoms with E-state index in [0.29, 0.717) is 28.2 Å². The second-order valence-electron chi connectivity index (χ2n) is 5.99. The number of nitriles is 1. The summed E-state index contributed by atoms with van der Waals surface area (Å²) in [5.74, 6) is 0.944. The lowest BCUT2D eigenvalue weighted by Gasteiger charge is -2.23. The lowest BCUT2D eigenvalue weighted by atomic mass is 9.97. The van der Waals surface area contributed by atoms with Gasteiger partial charge in [-0.05, 0) is 44.5 Å². The van der Waals surface area contributed by atoms with Crippen molar-refractivity contribution in [2.24, 2.45) is 0 Å². The lowest BCUT2D eigenvalue weighted by Crippen LogP contribution is -2.39. The number of nitrogens with zero attached hydrogens (tertiary/aromatic N) is 1. The van der Waals surface area contributed by atoms with Crippen LogP contribution in [0.5, 0.6) is 0 Å². The number of furan rings is 1. The highest BCUT2D eigenvalue weighted by Gasteiger charge is 2.29. The molecule has 1 unspecified atom stereocenters. The van der Waals surface area contributed by atoms with Crippen molar-refractivity contribution in [2.75, 3.05) is 6.54 Å². The van der Waals surface area contributed by atoms with Gasteiger partial charge in [-0.2, -0.15) is 5.26 Å². The fourth-order valence-electron chi connectivity index (χ4n) is 2.51. The summed E-state index contributed by atoms with van der Waals surface area (Å²) in [6.07, 6.45) is 0. The summed E-state index contributed by atoms with van der Waals surface area (Å²) in [4.78, 5) is 0. The van der Waals surface area contributed by atoms with E-state index in [4.69, 9.17) is 9.68 Å². The Labute approximate surface area is 141 Å². The minimum atomic E-state index is -3.66. The number of nitrogens with one attached hydrogen (secondary N) is 1. The Morgan fingerprint density at radius 3 is 2.62 bits per heavy atom. The third-order valence-electron chi connectivity index (χ3n) is 3.67. The van der Waals surface area contributed by atoms with Crippen molar-refractivity contribution in [1.82, 2.24) is 4.72 Å². The van der Waals surface area contributed by atoms with Gasteiger partial charge in [0, 0.05) is 12.1 Å². The fourth-order valence-corrected chi connectivity index (χ4v) is 3.73. The molecule has 1 atom stereocenters. The largest absolute Gasteiger partial charge is 0.466 e. The maximum absolute atomic E-state index is 12.2. The molecule has 2 rings (SSSR count). The molecule has 7 heteroatoms. The first kappa shape index (κ1) is 18.2. The van der Waals surface area contributed by atoms with E-state index in [9.17, 15) is 13.5 Å². The molecule has 1 aromatic heterocycles. The number of aryl methyl sites for hydroxylation is 2. The molecule has 6 nitrogen and oxygen atoms in total. The predicted molar refractivity (Wildman–Crippen MR) is 89.5 cm³/mol. The minimum absolute atomic E-state index is 0.174.